The highest BCUT2D eigenvalue weighted by atomic mass is 16.5. The third-order valence-electron chi connectivity index (χ3n) is 4.12. The van der Waals surface area contributed by atoms with Crippen molar-refractivity contribution in [1.82, 2.24) is 5.32 Å². The highest BCUT2D eigenvalue weighted by Gasteiger charge is 2.30. The van der Waals surface area contributed by atoms with Gasteiger partial charge in [0.2, 0.25) is 0 Å². The van der Waals surface area contributed by atoms with Gasteiger partial charge in [0.05, 0.1) is 12.2 Å². The van der Waals surface area contributed by atoms with Gasteiger partial charge in [-0.15, -0.1) is 0 Å². The Morgan fingerprint density at radius 1 is 1.37 bits per heavy atom. The third kappa shape index (κ3) is 2.53. The monoisotopic (exact) mass is 260 g/mol. The van der Waals surface area contributed by atoms with Crippen LogP contribution in [0.1, 0.15) is 26.2 Å². The van der Waals surface area contributed by atoms with Crippen LogP contribution in [0.4, 0.5) is 5.69 Å². The Balaban J connectivity index is 1.63. The van der Waals surface area contributed by atoms with Crippen LogP contribution in [0, 0.1) is 5.92 Å². The minimum Gasteiger partial charge on any atom is -0.477 e. The molecular weight excluding hydrogens is 240 g/mol. The molecule has 3 unspecified atom stereocenters. The molecule has 1 saturated carbocycles. The Hall–Kier alpha value is -1.71. The van der Waals surface area contributed by atoms with Crippen molar-refractivity contribution in [1.29, 1.82) is 0 Å². The van der Waals surface area contributed by atoms with E-state index in [9.17, 15) is 4.79 Å². The van der Waals surface area contributed by atoms with Crippen molar-refractivity contribution >= 4 is 11.6 Å². The standard InChI is InChI=1S/C15H20N2O2/c1-10-5-4-7-11(10)17-15(18)14-9-16-12-6-2-3-8-13(12)19-14/h2-3,6,8,10-11,14,16H,4-5,7,9H2,1H3,(H,17,18). The zero-order valence-electron chi connectivity index (χ0n) is 11.2. The summed E-state index contributed by atoms with van der Waals surface area (Å²) in [6.45, 7) is 2.73. The SMILES string of the molecule is CC1CCCC1NC(=O)C1CNc2ccccc2O1. The van der Waals surface area contributed by atoms with E-state index >= 15 is 0 Å². The van der Waals surface area contributed by atoms with Crippen LogP contribution in [0.25, 0.3) is 0 Å². The largest absolute Gasteiger partial charge is 0.477 e. The molecule has 2 aliphatic rings. The summed E-state index contributed by atoms with van der Waals surface area (Å²) < 4.78 is 5.76. The van der Waals surface area contributed by atoms with Gasteiger partial charge < -0.3 is 15.4 Å². The molecule has 4 nitrogen and oxygen atoms in total. The molecule has 1 heterocycles. The van der Waals surface area contributed by atoms with Gasteiger partial charge in [0.25, 0.3) is 5.91 Å². The molecule has 3 atom stereocenters. The van der Waals surface area contributed by atoms with Crippen molar-refractivity contribution in [2.45, 2.75) is 38.3 Å². The maximum Gasteiger partial charge on any atom is 0.263 e. The van der Waals surface area contributed by atoms with Gasteiger partial charge in [-0.1, -0.05) is 25.5 Å². The first-order valence-electron chi connectivity index (χ1n) is 7.04. The van der Waals surface area contributed by atoms with E-state index in [0.29, 0.717) is 18.5 Å². The fourth-order valence-corrected chi connectivity index (χ4v) is 2.89. The van der Waals surface area contributed by atoms with E-state index in [1.807, 2.05) is 24.3 Å². The maximum atomic E-state index is 12.2. The van der Waals surface area contributed by atoms with Gasteiger partial charge in [0.15, 0.2) is 6.10 Å². The number of fused-ring (bicyclic) bond motifs is 1. The number of anilines is 1. The van der Waals surface area contributed by atoms with Crippen LogP contribution in [0.5, 0.6) is 5.75 Å². The van der Waals surface area contributed by atoms with Gasteiger partial charge in [-0.2, -0.15) is 0 Å². The second-order valence-corrected chi connectivity index (χ2v) is 5.51. The third-order valence-corrected chi connectivity index (χ3v) is 4.12. The van der Waals surface area contributed by atoms with Gasteiger partial charge in [-0.25, -0.2) is 0 Å². The lowest BCUT2D eigenvalue weighted by Gasteiger charge is -2.28. The summed E-state index contributed by atoms with van der Waals surface area (Å²) in [4.78, 5) is 12.2. The number of amides is 1. The molecule has 4 heteroatoms. The zero-order chi connectivity index (χ0) is 13.2. The van der Waals surface area contributed by atoms with Gasteiger partial charge in [0.1, 0.15) is 5.75 Å². The normalized spacial score (nSPS) is 29.0. The second kappa shape index (κ2) is 5.11. The average Bonchev–Trinajstić information content (AvgIpc) is 2.84. The Morgan fingerprint density at radius 2 is 2.21 bits per heavy atom. The van der Waals surface area contributed by atoms with E-state index in [4.69, 9.17) is 4.74 Å². The van der Waals surface area contributed by atoms with E-state index in [2.05, 4.69) is 17.6 Å². The Labute approximate surface area is 113 Å². The molecule has 1 aromatic rings. The molecule has 0 spiro atoms. The van der Waals surface area contributed by atoms with Crippen molar-refractivity contribution in [2.75, 3.05) is 11.9 Å². The first-order chi connectivity index (χ1) is 9.24. The van der Waals surface area contributed by atoms with Gasteiger partial charge in [-0.05, 0) is 30.9 Å². The molecule has 2 N–H and O–H groups in total. The second-order valence-electron chi connectivity index (χ2n) is 5.51. The van der Waals surface area contributed by atoms with Crippen LogP contribution in [-0.4, -0.2) is 24.6 Å². The molecular formula is C15H20N2O2. The molecule has 102 valence electrons. The Bertz CT molecular complexity index is 475. The Kier molecular flexibility index (Phi) is 3.32. The summed E-state index contributed by atoms with van der Waals surface area (Å²) in [5, 5.41) is 6.37. The van der Waals surface area contributed by atoms with Gasteiger partial charge in [0, 0.05) is 6.04 Å². The highest BCUT2D eigenvalue weighted by Crippen LogP contribution is 2.29. The van der Waals surface area contributed by atoms with E-state index in [0.717, 1.165) is 17.9 Å². The van der Waals surface area contributed by atoms with Crippen molar-refractivity contribution in [3.8, 4) is 5.75 Å². The number of carbonyl (C=O) groups excluding carboxylic acids is 1. The van der Waals surface area contributed by atoms with E-state index in [1.165, 1.54) is 12.8 Å². The summed E-state index contributed by atoms with van der Waals surface area (Å²) in [6, 6.07) is 8.03. The first kappa shape index (κ1) is 12.3. The van der Waals surface area contributed by atoms with Gasteiger partial charge in [-0.3, -0.25) is 4.79 Å². The number of hydrogen-bond acceptors (Lipinski definition) is 3. The number of ether oxygens (including phenoxy) is 1. The predicted octanol–water partition coefficient (Wildman–Crippen LogP) is 2.16. The van der Waals surface area contributed by atoms with E-state index in [1.54, 1.807) is 0 Å². The minimum atomic E-state index is -0.428. The van der Waals surface area contributed by atoms with Crippen LogP contribution in [0.15, 0.2) is 24.3 Å². The lowest BCUT2D eigenvalue weighted by molar-refractivity contribution is -0.128. The lowest BCUT2D eigenvalue weighted by Crippen LogP contribution is -2.48. The quantitative estimate of drug-likeness (QED) is 0.856. The smallest absolute Gasteiger partial charge is 0.263 e. The number of carbonyl (C=O) groups is 1. The summed E-state index contributed by atoms with van der Waals surface area (Å²) in [5.41, 5.74) is 0.959. The van der Waals surface area contributed by atoms with Crippen molar-refractivity contribution in [3.63, 3.8) is 0 Å². The van der Waals surface area contributed by atoms with Crippen LogP contribution in [-0.2, 0) is 4.79 Å². The van der Waals surface area contributed by atoms with Crippen molar-refractivity contribution in [2.24, 2.45) is 5.92 Å². The molecule has 19 heavy (non-hydrogen) atoms. The number of hydrogen-bond donors (Lipinski definition) is 2. The molecule has 1 amide bonds. The molecule has 0 radical (unpaired) electrons. The number of para-hydroxylation sites is 2. The first-order valence-corrected chi connectivity index (χ1v) is 7.04. The zero-order valence-corrected chi connectivity index (χ0v) is 11.2. The fourth-order valence-electron chi connectivity index (χ4n) is 2.89. The fraction of sp³-hybridized carbons (Fsp3) is 0.533. The average molecular weight is 260 g/mol. The summed E-state index contributed by atoms with van der Waals surface area (Å²) >= 11 is 0. The summed E-state index contributed by atoms with van der Waals surface area (Å²) in [7, 11) is 0. The molecule has 0 bridgehead atoms. The highest BCUT2D eigenvalue weighted by molar-refractivity contribution is 5.83. The van der Waals surface area contributed by atoms with Crippen LogP contribution < -0.4 is 15.4 Å². The van der Waals surface area contributed by atoms with Crippen molar-refractivity contribution < 1.29 is 9.53 Å². The number of nitrogens with one attached hydrogen (secondary N) is 2. The molecule has 1 aliphatic heterocycles. The molecule has 1 fully saturated rings. The number of rotatable bonds is 2. The lowest BCUT2D eigenvalue weighted by atomic mass is 10.1. The van der Waals surface area contributed by atoms with Gasteiger partial charge >= 0.3 is 0 Å². The van der Waals surface area contributed by atoms with Crippen LogP contribution in [0.2, 0.25) is 0 Å². The molecule has 0 saturated heterocycles. The Morgan fingerprint density at radius 3 is 3.00 bits per heavy atom. The summed E-state index contributed by atoms with van der Waals surface area (Å²) in [5.74, 6) is 1.34. The maximum absolute atomic E-state index is 12.2. The van der Waals surface area contributed by atoms with Crippen LogP contribution in [0.3, 0.4) is 0 Å². The van der Waals surface area contributed by atoms with E-state index < -0.39 is 6.10 Å². The predicted molar refractivity (Wildman–Crippen MR) is 74.3 cm³/mol. The molecule has 1 aliphatic carbocycles. The van der Waals surface area contributed by atoms with Crippen molar-refractivity contribution in [3.05, 3.63) is 24.3 Å². The minimum absolute atomic E-state index is 0.000697. The topological polar surface area (TPSA) is 50.4 Å². The summed E-state index contributed by atoms with van der Waals surface area (Å²) in [6.07, 6.45) is 3.07. The molecule has 3 rings (SSSR count). The van der Waals surface area contributed by atoms with E-state index in [-0.39, 0.29) is 5.91 Å². The number of benzene rings is 1. The van der Waals surface area contributed by atoms with Crippen LogP contribution >= 0.6 is 0 Å². The molecule has 1 aromatic carbocycles. The molecule has 0 aromatic heterocycles.